The van der Waals surface area contributed by atoms with E-state index in [4.69, 9.17) is 10.5 Å². The van der Waals surface area contributed by atoms with Crippen LogP contribution in [0.15, 0.2) is 64.3 Å². The quantitative estimate of drug-likeness (QED) is 0.167. The molecule has 2 rings (SSSR count). The molecular weight excluding hydrogens is 406 g/mol. The van der Waals surface area contributed by atoms with Crippen molar-refractivity contribution in [3.05, 3.63) is 59.7 Å². The van der Waals surface area contributed by atoms with E-state index >= 15 is 0 Å². The number of azo groups is 1. The maximum Gasteiger partial charge on any atom is 0.130 e. The molecule has 0 spiro atoms. The molecule has 2 aromatic rings. The van der Waals surface area contributed by atoms with Crippen LogP contribution in [0, 0.1) is 22.7 Å². The zero-order valence-corrected chi connectivity index (χ0v) is 20.0. The summed E-state index contributed by atoms with van der Waals surface area (Å²) in [6.07, 6.45) is 11.7. The molecule has 0 aliphatic rings. The van der Waals surface area contributed by atoms with Crippen LogP contribution in [0.5, 0.6) is 0 Å². The summed E-state index contributed by atoms with van der Waals surface area (Å²) >= 11 is 0. The number of hydrogen-bond donors (Lipinski definition) is 0. The fraction of sp³-hybridized carbons (Fsp3) is 0.429. The van der Waals surface area contributed by atoms with Crippen molar-refractivity contribution in [2.24, 2.45) is 10.2 Å². The third-order valence-electron chi connectivity index (χ3n) is 5.50. The normalized spacial score (nSPS) is 10.5. The number of nitriles is 2. The van der Waals surface area contributed by atoms with Crippen molar-refractivity contribution in [1.82, 2.24) is 0 Å². The van der Waals surface area contributed by atoms with E-state index in [9.17, 15) is 0 Å². The van der Waals surface area contributed by atoms with Crippen molar-refractivity contribution in [1.29, 1.82) is 10.5 Å². The van der Waals surface area contributed by atoms with Crippen molar-refractivity contribution in [2.75, 3.05) is 18.0 Å². The fourth-order valence-corrected chi connectivity index (χ4v) is 3.57. The van der Waals surface area contributed by atoms with E-state index in [1.807, 2.05) is 48.5 Å². The summed E-state index contributed by atoms with van der Waals surface area (Å²) in [5.41, 5.74) is 3.66. The summed E-state index contributed by atoms with van der Waals surface area (Å²) in [7, 11) is 0. The van der Waals surface area contributed by atoms with Crippen molar-refractivity contribution in [2.45, 2.75) is 65.2 Å². The Labute approximate surface area is 199 Å². The molecule has 2 aromatic carbocycles. The molecule has 0 N–H and O–H groups in total. The molecule has 172 valence electrons. The maximum atomic E-state index is 8.86. The van der Waals surface area contributed by atoms with Crippen LogP contribution in [0.1, 0.15) is 70.8 Å². The molecule has 0 amide bonds. The van der Waals surface area contributed by atoms with E-state index in [0.29, 0.717) is 0 Å². The molecule has 0 heterocycles. The topological polar surface area (TPSA) is 75.5 Å². The summed E-state index contributed by atoms with van der Waals surface area (Å²) in [5.74, 6) is 0. The van der Waals surface area contributed by atoms with Crippen LogP contribution in [-0.4, -0.2) is 13.1 Å². The molecule has 0 aromatic heterocycles. The number of unbranched alkanes of at least 4 members (excludes halogenated alkanes) is 6. The number of benzene rings is 2. The Kier molecular flexibility index (Phi) is 12.0. The molecule has 0 fully saturated rings. The molecule has 0 bridgehead atoms. The SMILES string of the molecule is CCCCCCN(CCCCCC)c1ccc(/N=N/c2ccc(C=C(C#N)C#N)cc2)cc1. The number of rotatable bonds is 14. The highest BCUT2D eigenvalue weighted by molar-refractivity contribution is 5.63. The summed E-state index contributed by atoms with van der Waals surface area (Å²) in [4.78, 5) is 2.51. The monoisotopic (exact) mass is 441 g/mol. The predicted molar refractivity (Wildman–Crippen MR) is 137 cm³/mol. The van der Waals surface area contributed by atoms with Crippen molar-refractivity contribution < 1.29 is 0 Å². The Balaban J connectivity index is 2.00. The van der Waals surface area contributed by atoms with E-state index in [-0.39, 0.29) is 5.57 Å². The lowest BCUT2D eigenvalue weighted by molar-refractivity contribution is 0.609. The molecule has 0 aliphatic carbocycles. The fourth-order valence-electron chi connectivity index (χ4n) is 3.57. The van der Waals surface area contributed by atoms with E-state index in [2.05, 4.69) is 41.1 Å². The molecule has 5 heteroatoms. The maximum absolute atomic E-state index is 8.86. The Morgan fingerprint density at radius 1 is 0.727 bits per heavy atom. The van der Waals surface area contributed by atoms with Gasteiger partial charge in [-0.05, 0) is 60.9 Å². The zero-order chi connectivity index (χ0) is 23.7. The van der Waals surface area contributed by atoms with Gasteiger partial charge in [-0.15, -0.1) is 0 Å². The lowest BCUT2D eigenvalue weighted by Crippen LogP contribution is -2.25. The van der Waals surface area contributed by atoms with Crippen molar-refractivity contribution in [3.8, 4) is 12.1 Å². The highest BCUT2D eigenvalue weighted by atomic mass is 15.1. The van der Waals surface area contributed by atoms with Crippen molar-refractivity contribution >= 4 is 23.1 Å². The predicted octanol–water partition coefficient (Wildman–Crippen LogP) is 8.50. The Hall–Kier alpha value is -3.44. The second-order valence-electron chi connectivity index (χ2n) is 8.20. The smallest absolute Gasteiger partial charge is 0.130 e. The van der Waals surface area contributed by atoms with Crippen LogP contribution in [-0.2, 0) is 0 Å². The van der Waals surface area contributed by atoms with Gasteiger partial charge in [0.25, 0.3) is 0 Å². The van der Waals surface area contributed by atoms with Gasteiger partial charge < -0.3 is 4.90 Å². The Morgan fingerprint density at radius 2 is 1.21 bits per heavy atom. The molecular formula is C28H35N5. The first-order chi connectivity index (χ1) is 16.2. The summed E-state index contributed by atoms with van der Waals surface area (Å²) in [5, 5.41) is 26.4. The Bertz CT molecular complexity index is 931. The summed E-state index contributed by atoms with van der Waals surface area (Å²) in [6, 6.07) is 19.3. The molecule has 0 unspecified atom stereocenters. The van der Waals surface area contributed by atoms with Gasteiger partial charge >= 0.3 is 0 Å². The lowest BCUT2D eigenvalue weighted by atomic mass is 10.1. The van der Waals surface area contributed by atoms with Gasteiger partial charge in [-0.2, -0.15) is 20.8 Å². The van der Waals surface area contributed by atoms with Crippen LogP contribution >= 0.6 is 0 Å². The van der Waals surface area contributed by atoms with Crippen LogP contribution < -0.4 is 4.90 Å². The molecule has 5 nitrogen and oxygen atoms in total. The van der Waals surface area contributed by atoms with Gasteiger partial charge in [0.2, 0.25) is 0 Å². The average Bonchev–Trinajstić information content (AvgIpc) is 2.86. The van der Waals surface area contributed by atoms with Gasteiger partial charge in [0.05, 0.1) is 11.4 Å². The van der Waals surface area contributed by atoms with Gasteiger partial charge in [0.1, 0.15) is 17.7 Å². The van der Waals surface area contributed by atoms with Crippen molar-refractivity contribution in [3.63, 3.8) is 0 Å². The summed E-state index contributed by atoms with van der Waals surface area (Å²) < 4.78 is 0. The number of allylic oxidation sites excluding steroid dienone is 1. The van der Waals surface area contributed by atoms with E-state index < -0.39 is 0 Å². The minimum atomic E-state index is 0.0780. The molecule has 0 atom stereocenters. The number of hydrogen-bond acceptors (Lipinski definition) is 5. The third-order valence-corrected chi connectivity index (χ3v) is 5.50. The van der Waals surface area contributed by atoms with E-state index in [0.717, 1.165) is 30.0 Å². The molecule has 33 heavy (non-hydrogen) atoms. The second kappa shape index (κ2) is 15.4. The first-order valence-electron chi connectivity index (χ1n) is 12.1. The van der Waals surface area contributed by atoms with Crippen LogP contribution in [0.25, 0.3) is 6.08 Å². The standard InChI is InChI=1S/C28H35N5/c1-3-5-7-9-19-33(20-10-8-6-4-2)28-17-15-27(16-18-28)32-31-26-13-11-24(12-14-26)21-25(22-29)23-30/h11-18,21H,3-10,19-20H2,1-2H3/b32-31+. The van der Waals surface area contributed by atoms with Gasteiger partial charge in [-0.3, -0.25) is 0 Å². The van der Waals surface area contributed by atoms with Gasteiger partial charge in [0, 0.05) is 18.8 Å². The van der Waals surface area contributed by atoms with Gasteiger partial charge in [-0.25, -0.2) is 0 Å². The summed E-state index contributed by atoms with van der Waals surface area (Å²) in [6.45, 7) is 6.71. The number of anilines is 1. The van der Waals surface area contributed by atoms with Gasteiger partial charge in [-0.1, -0.05) is 64.5 Å². The Morgan fingerprint density at radius 3 is 1.67 bits per heavy atom. The molecule has 0 aliphatic heterocycles. The first-order valence-corrected chi connectivity index (χ1v) is 12.1. The second-order valence-corrected chi connectivity index (χ2v) is 8.20. The molecule has 0 saturated carbocycles. The minimum Gasteiger partial charge on any atom is -0.372 e. The molecule has 0 saturated heterocycles. The number of nitrogens with zero attached hydrogens (tertiary/aromatic N) is 5. The highest BCUT2D eigenvalue weighted by Crippen LogP contribution is 2.24. The highest BCUT2D eigenvalue weighted by Gasteiger charge is 2.06. The zero-order valence-electron chi connectivity index (χ0n) is 20.0. The van der Waals surface area contributed by atoms with E-state index in [1.54, 1.807) is 6.08 Å². The van der Waals surface area contributed by atoms with E-state index in [1.165, 1.54) is 57.1 Å². The third kappa shape index (κ3) is 9.71. The first kappa shape index (κ1) is 25.8. The van der Waals surface area contributed by atoms with Crippen LogP contribution in [0.3, 0.4) is 0 Å². The largest absolute Gasteiger partial charge is 0.372 e. The lowest BCUT2D eigenvalue weighted by Gasteiger charge is -2.25. The van der Waals surface area contributed by atoms with Crippen LogP contribution in [0.4, 0.5) is 17.1 Å². The van der Waals surface area contributed by atoms with Crippen LogP contribution in [0.2, 0.25) is 0 Å². The van der Waals surface area contributed by atoms with Gasteiger partial charge in [0.15, 0.2) is 0 Å². The molecule has 0 radical (unpaired) electrons. The minimum absolute atomic E-state index is 0.0780. The average molecular weight is 442 g/mol.